The molecular weight excluding hydrogens is 286 g/mol. The highest BCUT2D eigenvalue weighted by atomic mass is 32.2. The summed E-state index contributed by atoms with van der Waals surface area (Å²) in [5.41, 5.74) is -0.200. The van der Waals surface area contributed by atoms with Gasteiger partial charge in [0.1, 0.15) is 0 Å². The number of carboxylic acids is 1. The average Bonchev–Trinajstić information content (AvgIpc) is 2.42. The highest BCUT2D eigenvalue weighted by Gasteiger charge is 2.39. The molecule has 0 aromatic heterocycles. The maximum Gasteiger partial charge on any atom is 0.303 e. The van der Waals surface area contributed by atoms with Crippen molar-refractivity contribution in [2.24, 2.45) is 5.41 Å². The van der Waals surface area contributed by atoms with Crippen molar-refractivity contribution in [3.63, 3.8) is 0 Å². The third kappa shape index (κ3) is 5.08. The lowest BCUT2D eigenvalue weighted by Gasteiger charge is -2.40. The molecule has 2 rings (SSSR count). The Bertz CT molecular complexity index is 486. The summed E-state index contributed by atoms with van der Waals surface area (Å²) in [6.07, 6.45) is 3.48. The van der Waals surface area contributed by atoms with Crippen molar-refractivity contribution in [2.75, 3.05) is 12.3 Å². The SMILES string of the molecule is O=C(O)CC1(CNC(=O)CCSc2ccccc2)CCC1. The third-order valence-corrected chi connectivity index (χ3v) is 4.96. The second-order valence-corrected chi connectivity index (χ2v) is 6.78. The highest BCUT2D eigenvalue weighted by molar-refractivity contribution is 7.99. The molecule has 4 nitrogen and oxygen atoms in total. The molecule has 1 aliphatic carbocycles. The molecule has 1 aromatic rings. The van der Waals surface area contributed by atoms with E-state index in [1.807, 2.05) is 30.3 Å². The van der Waals surface area contributed by atoms with Gasteiger partial charge < -0.3 is 10.4 Å². The van der Waals surface area contributed by atoms with E-state index in [-0.39, 0.29) is 17.7 Å². The molecule has 0 bridgehead atoms. The second kappa shape index (κ2) is 7.50. The largest absolute Gasteiger partial charge is 0.481 e. The summed E-state index contributed by atoms with van der Waals surface area (Å²) in [6, 6.07) is 9.98. The maximum atomic E-state index is 11.8. The van der Waals surface area contributed by atoms with E-state index in [9.17, 15) is 9.59 Å². The fourth-order valence-corrected chi connectivity index (χ4v) is 3.44. The van der Waals surface area contributed by atoms with Crippen molar-refractivity contribution in [1.82, 2.24) is 5.32 Å². The van der Waals surface area contributed by atoms with E-state index in [0.29, 0.717) is 13.0 Å². The van der Waals surface area contributed by atoms with Crippen molar-refractivity contribution in [3.8, 4) is 0 Å². The van der Waals surface area contributed by atoms with Crippen LogP contribution in [-0.2, 0) is 9.59 Å². The molecule has 1 aromatic carbocycles. The van der Waals surface area contributed by atoms with Gasteiger partial charge in [-0.1, -0.05) is 24.6 Å². The quantitative estimate of drug-likeness (QED) is 0.725. The Morgan fingerprint density at radius 3 is 2.52 bits per heavy atom. The van der Waals surface area contributed by atoms with Gasteiger partial charge in [-0.3, -0.25) is 9.59 Å². The second-order valence-electron chi connectivity index (χ2n) is 5.61. The van der Waals surface area contributed by atoms with Gasteiger partial charge in [-0.25, -0.2) is 0 Å². The zero-order valence-corrected chi connectivity index (χ0v) is 12.8. The Morgan fingerprint density at radius 1 is 1.24 bits per heavy atom. The minimum absolute atomic E-state index is 0.00935. The van der Waals surface area contributed by atoms with Crippen LogP contribution in [0.15, 0.2) is 35.2 Å². The molecule has 1 amide bonds. The van der Waals surface area contributed by atoms with Crippen LogP contribution >= 0.6 is 11.8 Å². The molecule has 1 aliphatic rings. The summed E-state index contributed by atoms with van der Waals surface area (Å²) in [5.74, 6) is -0.0272. The van der Waals surface area contributed by atoms with Gasteiger partial charge in [-0.15, -0.1) is 11.8 Å². The Hall–Kier alpha value is -1.49. The minimum atomic E-state index is -0.774. The third-order valence-electron chi connectivity index (χ3n) is 3.94. The molecule has 5 heteroatoms. The predicted molar refractivity (Wildman–Crippen MR) is 83.3 cm³/mol. The van der Waals surface area contributed by atoms with E-state index in [0.717, 1.165) is 29.9 Å². The monoisotopic (exact) mass is 307 g/mol. The molecule has 0 saturated heterocycles. The summed E-state index contributed by atoms with van der Waals surface area (Å²) in [7, 11) is 0. The minimum Gasteiger partial charge on any atom is -0.481 e. The molecule has 114 valence electrons. The van der Waals surface area contributed by atoms with Gasteiger partial charge in [-0.2, -0.15) is 0 Å². The average molecular weight is 307 g/mol. The summed E-state index contributed by atoms with van der Waals surface area (Å²) in [4.78, 5) is 23.9. The van der Waals surface area contributed by atoms with E-state index in [1.54, 1.807) is 11.8 Å². The van der Waals surface area contributed by atoms with Gasteiger partial charge in [0.25, 0.3) is 0 Å². The predicted octanol–water partition coefficient (Wildman–Crippen LogP) is 2.93. The van der Waals surface area contributed by atoms with Gasteiger partial charge >= 0.3 is 5.97 Å². The normalized spacial score (nSPS) is 16.0. The van der Waals surface area contributed by atoms with Gasteiger partial charge in [0, 0.05) is 23.6 Å². The molecule has 0 unspecified atom stereocenters. The van der Waals surface area contributed by atoms with Gasteiger partial charge in [0.15, 0.2) is 0 Å². The smallest absolute Gasteiger partial charge is 0.303 e. The number of carbonyl (C=O) groups is 2. The maximum absolute atomic E-state index is 11.8. The molecule has 1 saturated carbocycles. The van der Waals surface area contributed by atoms with Crippen molar-refractivity contribution in [2.45, 2.75) is 37.0 Å². The number of amides is 1. The standard InChI is InChI=1S/C16H21NO3S/c18-14(7-10-21-13-5-2-1-3-6-13)17-12-16(8-4-9-16)11-15(19)20/h1-3,5-6H,4,7-12H2,(H,17,18)(H,19,20). The van der Waals surface area contributed by atoms with Crippen molar-refractivity contribution < 1.29 is 14.7 Å². The molecule has 0 heterocycles. The van der Waals surface area contributed by atoms with E-state index in [1.165, 1.54) is 0 Å². The molecule has 0 spiro atoms. The number of hydrogen-bond donors (Lipinski definition) is 2. The summed E-state index contributed by atoms with van der Waals surface area (Å²) in [5, 5.41) is 11.8. The lowest BCUT2D eigenvalue weighted by molar-refractivity contribution is -0.141. The molecule has 0 atom stereocenters. The number of hydrogen-bond acceptors (Lipinski definition) is 3. The van der Waals surface area contributed by atoms with E-state index < -0.39 is 5.97 Å². The van der Waals surface area contributed by atoms with Gasteiger partial charge in [0.05, 0.1) is 6.42 Å². The van der Waals surface area contributed by atoms with Crippen LogP contribution in [0.5, 0.6) is 0 Å². The molecular formula is C16H21NO3S. The zero-order valence-electron chi connectivity index (χ0n) is 12.0. The number of aliphatic carboxylic acids is 1. The van der Waals surface area contributed by atoms with E-state index >= 15 is 0 Å². The number of thioether (sulfide) groups is 1. The zero-order chi connectivity index (χ0) is 15.1. The lowest BCUT2D eigenvalue weighted by atomic mass is 9.66. The van der Waals surface area contributed by atoms with Crippen molar-refractivity contribution >= 4 is 23.6 Å². The Morgan fingerprint density at radius 2 is 1.95 bits per heavy atom. The van der Waals surface area contributed by atoms with Gasteiger partial charge in [-0.05, 0) is 30.4 Å². The Balaban J connectivity index is 1.66. The topological polar surface area (TPSA) is 66.4 Å². The van der Waals surface area contributed by atoms with Crippen LogP contribution in [0, 0.1) is 5.41 Å². The van der Waals surface area contributed by atoms with Crippen LogP contribution in [0.3, 0.4) is 0 Å². The molecule has 2 N–H and O–H groups in total. The summed E-state index contributed by atoms with van der Waals surface area (Å²) < 4.78 is 0. The van der Waals surface area contributed by atoms with Crippen LogP contribution in [0.25, 0.3) is 0 Å². The van der Waals surface area contributed by atoms with Crippen LogP contribution in [-0.4, -0.2) is 29.3 Å². The number of carboxylic acid groups (broad SMARTS) is 1. The Labute approximate surface area is 129 Å². The summed E-state index contributed by atoms with van der Waals surface area (Å²) >= 11 is 1.66. The van der Waals surface area contributed by atoms with Crippen LogP contribution in [0.1, 0.15) is 32.1 Å². The van der Waals surface area contributed by atoms with Crippen LogP contribution < -0.4 is 5.32 Å². The van der Waals surface area contributed by atoms with E-state index in [2.05, 4.69) is 5.32 Å². The molecule has 21 heavy (non-hydrogen) atoms. The first-order valence-corrected chi connectivity index (χ1v) is 8.25. The number of rotatable bonds is 8. The highest BCUT2D eigenvalue weighted by Crippen LogP contribution is 2.43. The molecule has 1 fully saturated rings. The Kier molecular flexibility index (Phi) is 5.67. The first-order valence-electron chi connectivity index (χ1n) is 7.26. The van der Waals surface area contributed by atoms with Gasteiger partial charge in [0.2, 0.25) is 5.91 Å². The summed E-state index contributed by atoms with van der Waals surface area (Å²) in [6.45, 7) is 0.494. The fraction of sp³-hybridized carbons (Fsp3) is 0.500. The van der Waals surface area contributed by atoms with Crippen molar-refractivity contribution in [1.29, 1.82) is 0 Å². The van der Waals surface area contributed by atoms with Crippen molar-refractivity contribution in [3.05, 3.63) is 30.3 Å². The molecule has 0 aliphatic heterocycles. The van der Waals surface area contributed by atoms with Crippen LogP contribution in [0.4, 0.5) is 0 Å². The number of benzene rings is 1. The molecule has 0 radical (unpaired) electrons. The van der Waals surface area contributed by atoms with Crippen LogP contribution in [0.2, 0.25) is 0 Å². The fourth-order valence-electron chi connectivity index (χ4n) is 2.57. The number of nitrogens with one attached hydrogen (secondary N) is 1. The first kappa shape index (κ1) is 15.9. The van der Waals surface area contributed by atoms with E-state index in [4.69, 9.17) is 5.11 Å². The number of carbonyl (C=O) groups excluding carboxylic acids is 1. The lowest BCUT2D eigenvalue weighted by Crippen LogP contribution is -2.43. The first-order chi connectivity index (χ1) is 10.1.